The van der Waals surface area contributed by atoms with Crippen molar-refractivity contribution in [2.75, 3.05) is 137 Å². The Bertz CT molecular complexity index is 4940. The summed E-state index contributed by atoms with van der Waals surface area (Å²) in [4.78, 5) is 41.4. The molecule has 6 heterocycles. The Balaban J connectivity index is 0.0000161. The summed E-state index contributed by atoms with van der Waals surface area (Å²) >= 11 is 37.6. The molecule has 0 saturated carbocycles. The molecule has 6 aromatic rings. The molecule has 119 heavy (non-hydrogen) atoms. The molecule has 28 heteroatoms. The van der Waals surface area contributed by atoms with Crippen molar-refractivity contribution in [3.63, 3.8) is 0 Å². The van der Waals surface area contributed by atoms with Crippen LogP contribution < -0.4 is 63.5 Å². The minimum Gasteiger partial charge on any atom is -0.493 e. The van der Waals surface area contributed by atoms with Crippen molar-refractivity contribution < 1.29 is 75.2 Å². The number of hydrogen-bond acceptors (Lipinski definition) is 18. The number of benzene rings is 4. The average Bonchev–Trinajstić information content (AvgIpc) is 1.51. The van der Waals surface area contributed by atoms with E-state index >= 15 is 0 Å². The van der Waals surface area contributed by atoms with Crippen LogP contribution in [0, 0.1) is 54.3 Å². The quantitative estimate of drug-likeness (QED) is 0.0216. The van der Waals surface area contributed by atoms with Gasteiger partial charge in [-0.15, -0.1) is 35.3 Å². The third-order valence-corrected chi connectivity index (χ3v) is 27.4. The van der Waals surface area contributed by atoms with Crippen molar-refractivity contribution in [2.45, 2.75) is 218 Å². The van der Waals surface area contributed by atoms with Crippen LogP contribution in [0.4, 0.5) is 11.6 Å². The van der Waals surface area contributed by atoms with Crippen molar-refractivity contribution in [3.05, 3.63) is 47.8 Å². The van der Waals surface area contributed by atoms with Gasteiger partial charge in [0.15, 0.2) is 23.2 Å². The van der Waals surface area contributed by atoms with Crippen LogP contribution in [0.2, 0.25) is 20.1 Å². The molecule has 4 aliphatic rings. The van der Waals surface area contributed by atoms with Gasteiger partial charge in [-0.2, -0.15) is 9.62 Å². The zero-order valence-corrected chi connectivity index (χ0v) is 82.4. The number of hydrogen-bond donors (Lipinski definition) is 1. The Morgan fingerprint density at radius 2 is 0.857 bits per heavy atom. The Labute approximate surface area is 753 Å². The van der Waals surface area contributed by atoms with Gasteiger partial charge in [0.05, 0.1) is 147 Å². The SMILES string of the molecule is CCN(CC)CCSc1c(Cl)c(OCCC(C)C)c2c3n4o[n+]5c(c6c(OCCC(C)C)c(SCC[N+](C)(CC)CC)c(Cl)c(OCCC(C)C)c6c-5nc4c2c1OCCC(C)C)N=c1[n-]c(c2c(OCCC(C)C)c(C)c(Cl)c(OCCC(C)C)c12)=NC1=NC(=N3)c2c(OCCC(C)C)c(SCC[NH+](C)CC)c(Cl)c(OCCC(C)C)c21.[V]. The van der Waals surface area contributed by atoms with Crippen molar-refractivity contribution in [3.8, 4) is 51.8 Å². The van der Waals surface area contributed by atoms with Gasteiger partial charge in [-0.3, -0.25) is 0 Å². The topological polar surface area (TPSA) is 179 Å². The van der Waals surface area contributed by atoms with Gasteiger partial charge in [0, 0.05) is 69.7 Å². The number of ether oxygens (including phenoxy) is 8. The van der Waals surface area contributed by atoms with E-state index in [4.69, 9.17) is 119 Å². The van der Waals surface area contributed by atoms with Crippen molar-refractivity contribution >= 4 is 143 Å². The van der Waals surface area contributed by atoms with E-state index in [2.05, 4.69) is 164 Å². The normalized spacial score (nSPS) is 13.4. The van der Waals surface area contributed by atoms with E-state index in [1.165, 1.54) is 4.90 Å². The summed E-state index contributed by atoms with van der Waals surface area (Å²) in [6.45, 7) is 57.7. The molecule has 2 aromatic heterocycles. The fourth-order valence-electron chi connectivity index (χ4n) is 13.8. The number of halogens is 4. The number of rotatable bonds is 49. The maximum Gasteiger partial charge on any atom is 0.286 e. The van der Waals surface area contributed by atoms with Gasteiger partial charge in [0.1, 0.15) is 60.3 Å². The number of nitrogens with one attached hydrogen (secondary N) is 1. The fraction of sp³-hybridized carbons (Fsp3) is 0.648. The second-order valence-electron chi connectivity index (χ2n) is 35.3. The third-order valence-electron chi connectivity index (χ3n) is 22.4. The number of aliphatic imine (C=N–C) groups is 2. The minimum atomic E-state index is 0. The van der Waals surface area contributed by atoms with E-state index in [-0.39, 0.29) is 94.3 Å². The molecule has 0 amide bonds. The van der Waals surface area contributed by atoms with Crippen LogP contribution >= 0.6 is 81.7 Å². The molecule has 1 N–H and O–H groups in total. The first-order valence-electron chi connectivity index (χ1n) is 43.7. The van der Waals surface area contributed by atoms with Gasteiger partial charge in [-0.1, -0.05) is 181 Å². The Hall–Kier alpha value is -4.89. The largest absolute Gasteiger partial charge is 0.493 e. The summed E-state index contributed by atoms with van der Waals surface area (Å²) in [6.07, 6.45) is 5.73. The fourth-order valence-corrected chi connectivity index (χ4v) is 18.7. The number of amidine groups is 2. The molecule has 10 rings (SSSR count). The number of thioether (sulfide) groups is 3. The van der Waals surface area contributed by atoms with Crippen molar-refractivity contribution in [2.24, 2.45) is 67.3 Å². The molecule has 4 aromatic carbocycles. The monoisotopic (exact) mass is 1810 g/mol. The van der Waals surface area contributed by atoms with Crippen LogP contribution in [0.15, 0.2) is 39.3 Å². The smallest absolute Gasteiger partial charge is 0.286 e. The Morgan fingerprint density at radius 3 is 1.34 bits per heavy atom. The van der Waals surface area contributed by atoms with Crippen LogP contribution in [0.1, 0.15) is 213 Å². The van der Waals surface area contributed by atoms with Crippen molar-refractivity contribution in [1.29, 1.82) is 0 Å². The van der Waals surface area contributed by atoms with Gasteiger partial charge in [-0.25, -0.2) is 4.99 Å². The molecule has 0 spiro atoms. The van der Waals surface area contributed by atoms with E-state index in [0.717, 1.165) is 82.5 Å². The van der Waals surface area contributed by atoms with Gasteiger partial charge < -0.3 is 67.1 Å². The van der Waals surface area contributed by atoms with E-state index in [1.54, 1.807) is 44.6 Å². The van der Waals surface area contributed by atoms with Gasteiger partial charge in [0.2, 0.25) is 5.82 Å². The van der Waals surface area contributed by atoms with Crippen LogP contribution in [0.5, 0.6) is 46.0 Å². The summed E-state index contributed by atoms with van der Waals surface area (Å²) < 4.78 is 70.7. The number of fused-ring (bicyclic) bond motifs is 15. The molecular weight excluding hydrogens is 1680 g/mol. The summed E-state index contributed by atoms with van der Waals surface area (Å²) in [5.41, 5.74) is 2.30. The maximum atomic E-state index is 8.27. The van der Waals surface area contributed by atoms with Gasteiger partial charge in [0.25, 0.3) is 11.5 Å². The van der Waals surface area contributed by atoms with Gasteiger partial charge in [-0.05, 0) is 144 Å². The molecule has 1 atom stereocenters. The predicted octanol–water partition coefficient (Wildman–Crippen LogP) is 21.4. The Kier molecular flexibility index (Phi) is 36.9. The first-order valence-corrected chi connectivity index (χ1v) is 48.2. The second kappa shape index (κ2) is 44.8. The molecule has 6 bridgehead atoms. The second-order valence-corrected chi connectivity index (χ2v) is 40.1. The maximum absolute atomic E-state index is 8.27. The van der Waals surface area contributed by atoms with E-state index < -0.39 is 0 Å². The molecule has 1 unspecified atom stereocenters. The van der Waals surface area contributed by atoms with E-state index in [0.29, 0.717) is 243 Å². The van der Waals surface area contributed by atoms with Crippen LogP contribution in [-0.4, -0.2) is 167 Å². The van der Waals surface area contributed by atoms with Crippen LogP contribution in [0.3, 0.4) is 0 Å². The zero-order chi connectivity index (χ0) is 85.7. The first kappa shape index (κ1) is 97.9. The number of nitrogens with zero attached hydrogens (tertiary/aromatic N) is 10. The first-order chi connectivity index (χ1) is 56.3. The van der Waals surface area contributed by atoms with E-state index in [1.807, 2.05) is 6.92 Å². The molecular formula is C91H135Cl4N11O9S3V+2. The zero-order valence-electron chi connectivity index (χ0n) is 75.5. The van der Waals surface area contributed by atoms with Crippen LogP contribution in [0.25, 0.3) is 43.8 Å². The molecule has 4 aliphatic heterocycles. The van der Waals surface area contributed by atoms with Gasteiger partial charge >= 0.3 is 0 Å². The number of quaternary nitrogens is 2. The predicted molar refractivity (Wildman–Crippen MR) is 492 cm³/mol. The van der Waals surface area contributed by atoms with E-state index in [9.17, 15) is 0 Å². The number of aromatic nitrogens is 4. The summed E-state index contributed by atoms with van der Waals surface area (Å²) in [5.74, 6) is 8.84. The molecule has 20 nitrogen and oxygen atoms in total. The standard InChI is InChI=1S/C91H134Cl4N11O9S3.V/c1-25-102(23)38-49-116-81-70(93)75(109-43-32-54(10)11)63-64(78(81)112-46-35-57(16)17)87-98-85(63)96-84-61-62(74(108-42-31-53(8)9)69(92)60(22)73(61)107-41-30-52(6)7)86(97-84)99-89-67-66(77(111-45-34-56(14)15)72(95)83(79(67)113-47-36-58(18)19)118-51-40-106(24,28-4)29-5)90-101-91-68-65(88(100-87)104(91)115-105(89)90)76(110-44-33-55(12)13)71(94)82(80(68)114-48-37-59(20)21)117-50-39-103(26-2)27-3;/h52-59H,25-51H2,1-24H3;/q+1;/p+1. The van der Waals surface area contributed by atoms with Crippen molar-refractivity contribution in [1.82, 2.24) is 19.4 Å². The molecule has 0 saturated heterocycles. The minimum absolute atomic E-state index is 0. The molecule has 657 valence electrons. The average molecular weight is 1820 g/mol. The summed E-state index contributed by atoms with van der Waals surface area (Å²) in [6, 6.07) is 0. The third kappa shape index (κ3) is 23.1. The van der Waals surface area contributed by atoms with Crippen LogP contribution in [-0.2, 0) is 18.6 Å². The molecule has 0 aliphatic carbocycles. The Morgan fingerprint density at radius 1 is 0.462 bits per heavy atom. The summed E-state index contributed by atoms with van der Waals surface area (Å²) in [7, 11) is 4.51. The molecule has 1 radical (unpaired) electrons. The molecule has 0 fully saturated rings. The summed E-state index contributed by atoms with van der Waals surface area (Å²) in [5, 5.41) is 4.43.